The second kappa shape index (κ2) is 4.78. The van der Waals surface area contributed by atoms with E-state index < -0.39 is 5.60 Å². The molecule has 1 unspecified atom stereocenters. The molecule has 0 amide bonds. The standard InChI is InChI=1S/C11H22N2O2/c1-13(10-2-7-15-8-10)9-11(14)3-5-12-6-4-11/h10,12,14H,2-9H2,1H3. The van der Waals surface area contributed by atoms with Crippen molar-refractivity contribution in [3.05, 3.63) is 0 Å². The van der Waals surface area contributed by atoms with Crippen LogP contribution in [0.4, 0.5) is 0 Å². The molecular weight excluding hydrogens is 192 g/mol. The molecule has 4 nitrogen and oxygen atoms in total. The Morgan fingerprint density at radius 3 is 2.80 bits per heavy atom. The summed E-state index contributed by atoms with van der Waals surface area (Å²) in [5, 5.41) is 13.7. The Bertz CT molecular complexity index is 199. The highest BCUT2D eigenvalue weighted by molar-refractivity contribution is 4.88. The van der Waals surface area contributed by atoms with Gasteiger partial charge in [-0.2, -0.15) is 0 Å². The van der Waals surface area contributed by atoms with E-state index in [1.165, 1.54) is 0 Å². The smallest absolute Gasteiger partial charge is 0.0798 e. The molecule has 2 N–H and O–H groups in total. The van der Waals surface area contributed by atoms with Crippen molar-refractivity contribution in [1.29, 1.82) is 0 Å². The van der Waals surface area contributed by atoms with Crippen LogP contribution < -0.4 is 5.32 Å². The second-order valence-electron chi connectivity index (χ2n) is 4.91. The fourth-order valence-electron chi connectivity index (χ4n) is 2.51. The Morgan fingerprint density at radius 1 is 1.47 bits per heavy atom. The Labute approximate surface area is 91.6 Å². The van der Waals surface area contributed by atoms with Crippen LogP contribution in [0, 0.1) is 0 Å². The molecule has 2 heterocycles. The zero-order valence-corrected chi connectivity index (χ0v) is 9.54. The lowest BCUT2D eigenvalue weighted by Crippen LogP contribution is -2.51. The molecule has 0 aromatic carbocycles. The monoisotopic (exact) mass is 214 g/mol. The van der Waals surface area contributed by atoms with Gasteiger partial charge in [0.05, 0.1) is 12.2 Å². The lowest BCUT2D eigenvalue weighted by Gasteiger charge is -2.37. The lowest BCUT2D eigenvalue weighted by atomic mass is 9.91. The van der Waals surface area contributed by atoms with Crippen LogP contribution in [0.1, 0.15) is 19.3 Å². The average molecular weight is 214 g/mol. The quantitative estimate of drug-likeness (QED) is 0.684. The van der Waals surface area contributed by atoms with Gasteiger partial charge >= 0.3 is 0 Å². The van der Waals surface area contributed by atoms with Crippen LogP contribution >= 0.6 is 0 Å². The van der Waals surface area contributed by atoms with Gasteiger partial charge in [0, 0.05) is 19.2 Å². The summed E-state index contributed by atoms with van der Waals surface area (Å²) in [4.78, 5) is 2.26. The summed E-state index contributed by atoms with van der Waals surface area (Å²) in [6.07, 6.45) is 2.83. The number of piperidine rings is 1. The summed E-state index contributed by atoms with van der Waals surface area (Å²) in [5.74, 6) is 0. The van der Waals surface area contributed by atoms with Crippen molar-refractivity contribution in [2.75, 3.05) is 39.9 Å². The number of ether oxygens (including phenoxy) is 1. The summed E-state index contributed by atoms with van der Waals surface area (Å²) in [6, 6.07) is 0.504. The maximum absolute atomic E-state index is 10.4. The first-order chi connectivity index (χ1) is 7.20. The van der Waals surface area contributed by atoms with Crippen molar-refractivity contribution in [2.24, 2.45) is 0 Å². The Balaban J connectivity index is 1.83. The summed E-state index contributed by atoms with van der Waals surface area (Å²) >= 11 is 0. The molecule has 15 heavy (non-hydrogen) atoms. The minimum Gasteiger partial charge on any atom is -0.388 e. The van der Waals surface area contributed by atoms with Gasteiger partial charge in [-0.15, -0.1) is 0 Å². The van der Waals surface area contributed by atoms with E-state index in [0.29, 0.717) is 6.04 Å². The van der Waals surface area contributed by atoms with Gasteiger partial charge < -0.3 is 15.2 Å². The lowest BCUT2D eigenvalue weighted by molar-refractivity contribution is -0.0245. The van der Waals surface area contributed by atoms with Crippen LogP contribution in [-0.4, -0.2) is 61.5 Å². The van der Waals surface area contributed by atoms with Crippen molar-refractivity contribution in [3.8, 4) is 0 Å². The van der Waals surface area contributed by atoms with Crippen molar-refractivity contribution in [1.82, 2.24) is 10.2 Å². The fourth-order valence-corrected chi connectivity index (χ4v) is 2.51. The molecule has 88 valence electrons. The normalized spacial score (nSPS) is 31.0. The molecule has 0 aromatic rings. The van der Waals surface area contributed by atoms with Crippen LogP contribution in [0.5, 0.6) is 0 Å². The Hall–Kier alpha value is -0.160. The zero-order valence-electron chi connectivity index (χ0n) is 9.54. The molecule has 0 spiro atoms. The van der Waals surface area contributed by atoms with Gasteiger partial charge in [0.15, 0.2) is 0 Å². The first-order valence-electron chi connectivity index (χ1n) is 5.91. The summed E-state index contributed by atoms with van der Waals surface area (Å²) in [7, 11) is 2.10. The molecule has 2 saturated heterocycles. The molecule has 4 heteroatoms. The van der Waals surface area contributed by atoms with E-state index in [1.807, 2.05) is 0 Å². The molecule has 0 aliphatic carbocycles. The summed E-state index contributed by atoms with van der Waals surface area (Å²) in [6.45, 7) is 4.35. The van der Waals surface area contributed by atoms with Crippen LogP contribution in [0.3, 0.4) is 0 Å². The van der Waals surface area contributed by atoms with Crippen LogP contribution in [0.25, 0.3) is 0 Å². The van der Waals surface area contributed by atoms with Crippen molar-refractivity contribution >= 4 is 0 Å². The molecule has 0 bridgehead atoms. The summed E-state index contributed by atoms with van der Waals surface area (Å²) in [5.41, 5.74) is -0.484. The minimum atomic E-state index is -0.484. The SMILES string of the molecule is CN(CC1(O)CCNCC1)C1CCOC1. The van der Waals surface area contributed by atoms with Gasteiger partial charge in [-0.25, -0.2) is 0 Å². The average Bonchev–Trinajstić information content (AvgIpc) is 2.70. The number of likely N-dealkylation sites (N-methyl/N-ethyl adjacent to an activating group) is 1. The molecule has 2 fully saturated rings. The Kier molecular flexibility index (Phi) is 3.61. The van der Waals surface area contributed by atoms with Crippen molar-refractivity contribution in [3.63, 3.8) is 0 Å². The number of hydrogen-bond donors (Lipinski definition) is 2. The van der Waals surface area contributed by atoms with Crippen molar-refractivity contribution < 1.29 is 9.84 Å². The molecule has 2 aliphatic rings. The van der Waals surface area contributed by atoms with Crippen molar-refractivity contribution in [2.45, 2.75) is 30.9 Å². The number of rotatable bonds is 3. The van der Waals surface area contributed by atoms with E-state index in [9.17, 15) is 5.11 Å². The number of aliphatic hydroxyl groups is 1. The third-order valence-electron chi connectivity index (χ3n) is 3.61. The fraction of sp³-hybridized carbons (Fsp3) is 1.00. The highest BCUT2D eigenvalue weighted by Crippen LogP contribution is 2.21. The zero-order chi connectivity index (χ0) is 10.7. The van der Waals surface area contributed by atoms with Gasteiger partial charge in [0.25, 0.3) is 0 Å². The van der Waals surface area contributed by atoms with E-state index in [2.05, 4.69) is 17.3 Å². The van der Waals surface area contributed by atoms with E-state index in [4.69, 9.17) is 4.74 Å². The first-order valence-corrected chi connectivity index (χ1v) is 5.91. The van der Waals surface area contributed by atoms with Gasteiger partial charge in [0.2, 0.25) is 0 Å². The van der Waals surface area contributed by atoms with Crippen LogP contribution in [0.2, 0.25) is 0 Å². The van der Waals surface area contributed by atoms with Gasteiger partial charge in [-0.1, -0.05) is 0 Å². The number of nitrogens with zero attached hydrogens (tertiary/aromatic N) is 1. The third-order valence-corrected chi connectivity index (χ3v) is 3.61. The molecular formula is C11H22N2O2. The van der Waals surface area contributed by atoms with E-state index in [0.717, 1.165) is 52.1 Å². The highest BCUT2D eigenvalue weighted by atomic mass is 16.5. The van der Waals surface area contributed by atoms with Gasteiger partial charge in [0.1, 0.15) is 0 Å². The predicted octanol–water partition coefficient (Wildman–Crippen LogP) is -0.178. The summed E-state index contributed by atoms with van der Waals surface area (Å²) < 4.78 is 5.36. The largest absolute Gasteiger partial charge is 0.388 e. The third kappa shape index (κ3) is 2.91. The van der Waals surface area contributed by atoms with E-state index in [1.54, 1.807) is 0 Å². The molecule has 0 saturated carbocycles. The molecule has 0 aromatic heterocycles. The molecule has 2 rings (SSSR count). The second-order valence-corrected chi connectivity index (χ2v) is 4.91. The maximum Gasteiger partial charge on any atom is 0.0798 e. The topological polar surface area (TPSA) is 44.7 Å². The van der Waals surface area contributed by atoms with E-state index in [-0.39, 0.29) is 0 Å². The molecule has 0 radical (unpaired) electrons. The Morgan fingerprint density at radius 2 is 2.20 bits per heavy atom. The van der Waals surface area contributed by atoms with E-state index >= 15 is 0 Å². The van der Waals surface area contributed by atoms with Crippen LogP contribution in [0.15, 0.2) is 0 Å². The number of nitrogens with one attached hydrogen (secondary N) is 1. The first kappa shape index (κ1) is 11.3. The number of hydrogen-bond acceptors (Lipinski definition) is 4. The maximum atomic E-state index is 10.4. The minimum absolute atomic E-state index is 0.484. The van der Waals surface area contributed by atoms with Crippen LogP contribution in [-0.2, 0) is 4.74 Å². The molecule has 2 aliphatic heterocycles. The van der Waals surface area contributed by atoms with Gasteiger partial charge in [-0.3, -0.25) is 4.90 Å². The van der Waals surface area contributed by atoms with Gasteiger partial charge in [-0.05, 0) is 39.4 Å². The predicted molar refractivity (Wildman–Crippen MR) is 58.9 cm³/mol. The highest BCUT2D eigenvalue weighted by Gasteiger charge is 2.33. The molecule has 1 atom stereocenters.